The highest BCUT2D eigenvalue weighted by Gasteiger charge is 2.24. The molecule has 2 rings (SSSR count). The smallest absolute Gasteiger partial charge is 0.257 e. The van der Waals surface area contributed by atoms with Gasteiger partial charge in [0.25, 0.3) is 5.91 Å². The standard InChI is InChI=1S/C19H24N2O5S/c1-12-8-7-9-13(2)18(12)20-19(22)14-10-16(25-4)17(26-5)11-15(14)21(3)27(6,23)24/h7-11H,1-6H3,(H,20,22). The molecule has 0 saturated heterocycles. The Balaban J connectivity index is 2.61. The van der Waals surface area contributed by atoms with Crippen molar-refractivity contribution in [3.05, 3.63) is 47.0 Å². The van der Waals surface area contributed by atoms with Gasteiger partial charge in [0.15, 0.2) is 11.5 Å². The summed E-state index contributed by atoms with van der Waals surface area (Å²) in [6, 6.07) is 8.62. The molecule has 0 radical (unpaired) electrons. The number of hydrogen-bond donors (Lipinski definition) is 1. The highest BCUT2D eigenvalue weighted by atomic mass is 32.2. The van der Waals surface area contributed by atoms with E-state index >= 15 is 0 Å². The lowest BCUT2D eigenvalue weighted by Gasteiger charge is -2.22. The second-order valence-corrected chi connectivity index (χ2v) is 8.19. The predicted molar refractivity (Wildman–Crippen MR) is 107 cm³/mol. The van der Waals surface area contributed by atoms with E-state index in [1.807, 2.05) is 32.0 Å². The van der Waals surface area contributed by atoms with Gasteiger partial charge in [0.1, 0.15) is 0 Å². The topological polar surface area (TPSA) is 84.9 Å². The molecular weight excluding hydrogens is 368 g/mol. The van der Waals surface area contributed by atoms with Crippen LogP contribution in [0.25, 0.3) is 0 Å². The number of rotatable bonds is 6. The Bertz CT molecular complexity index is 950. The molecule has 8 heteroatoms. The van der Waals surface area contributed by atoms with Crippen LogP contribution in [-0.2, 0) is 10.0 Å². The fraction of sp³-hybridized carbons (Fsp3) is 0.316. The van der Waals surface area contributed by atoms with Crippen LogP contribution in [0.4, 0.5) is 11.4 Å². The highest BCUT2D eigenvalue weighted by Crippen LogP contribution is 2.36. The van der Waals surface area contributed by atoms with Gasteiger partial charge >= 0.3 is 0 Å². The molecule has 0 unspecified atom stereocenters. The maximum atomic E-state index is 13.0. The number of para-hydroxylation sites is 1. The minimum absolute atomic E-state index is 0.156. The maximum Gasteiger partial charge on any atom is 0.257 e. The molecule has 1 N–H and O–H groups in total. The summed E-state index contributed by atoms with van der Waals surface area (Å²) in [6.45, 7) is 3.78. The van der Waals surface area contributed by atoms with Crippen LogP contribution in [-0.4, -0.2) is 41.8 Å². The Kier molecular flexibility index (Phi) is 6.00. The molecule has 0 spiro atoms. The predicted octanol–water partition coefficient (Wildman–Crippen LogP) is 2.97. The summed E-state index contributed by atoms with van der Waals surface area (Å²) in [4.78, 5) is 13.0. The fourth-order valence-electron chi connectivity index (χ4n) is 2.68. The van der Waals surface area contributed by atoms with E-state index in [9.17, 15) is 13.2 Å². The van der Waals surface area contributed by atoms with Crippen molar-refractivity contribution < 1.29 is 22.7 Å². The van der Waals surface area contributed by atoms with Gasteiger partial charge in [-0.25, -0.2) is 8.42 Å². The van der Waals surface area contributed by atoms with Crippen LogP contribution in [0.5, 0.6) is 11.5 Å². The van der Waals surface area contributed by atoms with Crippen LogP contribution in [0.2, 0.25) is 0 Å². The van der Waals surface area contributed by atoms with Crippen LogP contribution in [0.15, 0.2) is 30.3 Å². The molecule has 7 nitrogen and oxygen atoms in total. The third kappa shape index (κ3) is 4.33. The van der Waals surface area contributed by atoms with Gasteiger partial charge in [-0.05, 0) is 31.0 Å². The van der Waals surface area contributed by atoms with Gasteiger partial charge in [0, 0.05) is 18.8 Å². The van der Waals surface area contributed by atoms with E-state index in [1.165, 1.54) is 33.4 Å². The number of carbonyl (C=O) groups excluding carboxylic acids is 1. The number of aryl methyl sites for hydroxylation is 2. The van der Waals surface area contributed by atoms with Crippen molar-refractivity contribution in [3.63, 3.8) is 0 Å². The zero-order valence-electron chi connectivity index (χ0n) is 16.3. The number of methoxy groups -OCH3 is 2. The Morgan fingerprint density at radius 1 is 1.04 bits per heavy atom. The number of hydrogen-bond acceptors (Lipinski definition) is 5. The van der Waals surface area contributed by atoms with Gasteiger partial charge < -0.3 is 14.8 Å². The third-order valence-corrected chi connectivity index (χ3v) is 5.49. The molecule has 146 valence electrons. The summed E-state index contributed by atoms with van der Waals surface area (Å²) in [7, 11) is 0.685. The SMILES string of the molecule is COc1cc(C(=O)Nc2c(C)cccc2C)c(N(C)S(C)(=O)=O)cc1OC. The quantitative estimate of drug-likeness (QED) is 0.817. The Labute approximate surface area is 160 Å². The molecule has 2 aromatic carbocycles. The summed E-state index contributed by atoms with van der Waals surface area (Å²) >= 11 is 0. The van der Waals surface area contributed by atoms with E-state index in [2.05, 4.69) is 5.32 Å². The molecule has 0 aliphatic carbocycles. The molecule has 0 saturated carbocycles. The van der Waals surface area contributed by atoms with E-state index in [1.54, 1.807) is 0 Å². The number of anilines is 2. The first-order valence-corrected chi connectivity index (χ1v) is 10.0. The largest absolute Gasteiger partial charge is 0.493 e. The van der Waals surface area contributed by atoms with Crippen LogP contribution in [0.3, 0.4) is 0 Å². The Morgan fingerprint density at radius 3 is 2.04 bits per heavy atom. The number of nitrogens with one attached hydrogen (secondary N) is 1. The van der Waals surface area contributed by atoms with Gasteiger partial charge in [0.05, 0.1) is 31.7 Å². The minimum Gasteiger partial charge on any atom is -0.493 e. The fourth-order valence-corrected chi connectivity index (χ4v) is 3.19. The molecule has 27 heavy (non-hydrogen) atoms. The number of sulfonamides is 1. The number of amides is 1. The average Bonchev–Trinajstić information content (AvgIpc) is 2.62. The molecule has 0 heterocycles. The summed E-state index contributed by atoms with van der Waals surface area (Å²) in [5.74, 6) is 0.209. The molecule has 0 aromatic heterocycles. The van der Waals surface area contributed by atoms with E-state index in [4.69, 9.17) is 9.47 Å². The lowest BCUT2D eigenvalue weighted by Crippen LogP contribution is -2.28. The summed E-state index contributed by atoms with van der Waals surface area (Å²) in [5.41, 5.74) is 2.84. The first-order valence-electron chi connectivity index (χ1n) is 8.17. The van der Waals surface area contributed by atoms with Crippen molar-refractivity contribution in [1.29, 1.82) is 0 Å². The third-order valence-electron chi connectivity index (χ3n) is 4.30. The Hall–Kier alpha value is -2.74. The summed E-state index contributed by atoms with van der Waals surface area (Å²) < 4.78 is 35.7. The van der Waals surface area contributed by atoms with Crippen molar-refractivity contribution >= 4 is 27.3 Å². The van der Waals surface area contributed by atoms with Crippen LogP contribution >= 0.6 is 0 Å². The maximum absolute atomic E-state index is 13.0. The normalized spacial score (nSPS) is 11.0. The van der Waals surface area contributed by atoms with Gasteiger partial charge in [-0.1, -0.05) is 18.2 Å². The summed E-state index contributed by atoms with van der Waals surface area (Å²) in [6.07, 6.45) is 1.07. The zero-order valence-corrected chi connectivity index (χ0v) is 17.1. The van der Waals surface area contributed by atoms with Crippen molar-refractivity contribution in [1.82, 2.24) is 0 Å². The monoisotopic (exact) mass is 392 g/mol. The molecule has 0 aliphatic heterocycles. The van der Waals surface area contributed by atoms with Crippen molar-refractivity contribution in [2.75, 3.05) is 37.1 Å². The van der Waals surface area contributed by atoms with Crippen LogP contribution in [0, 0.1) is 13.8 Å². The number of nitrogens with zero attached hydrogens (tertiary/aromatic N) is 1. The average molecular weight is 392 g/mol. The van der Waals surface area contributed by atoms with Crippen LogP contribution in [0.1, 0.15) is 21.5 Å². The van der Waals surface area contributed by atoms with Crippen LogP contribution < -0.4 is 19.1 Å². The highest BCUT2D eigenvalue weighted by molar-refractivity contribution is 7.92. The molecule has 0 bridgehead atoms. The van der Waals surface area contributed by atoms with Crippen molar-refractivity contribution in [2.24, 2.45) is 0 Å². The van der Waals surface area contributed by atoms with Gasteiger partial charge in [-0.3, -0.25) is 9.10 Å². The van der Waals surface area contributed by atoms with E-state index in [-0.39, 0.29) is 11.3 Å². The van der Waals surface area contributed by atoms with Gasteiger partial charge in [-0.2, -0.15) is 0 Å². The molecule has 0 fully saturated rings. The first kappa shape index (κ1) is 20.6. The second-order valence-electron chi connectivity index (χ2n) is 6.18. The van der Waals surface area contributed by atoms with E-state index in [0.29, 0.717) is 17.2 Å². The molecule has 1 amide bonds. The van der Waals surface area contributed by atoms with Crippen molar-refractivity contribution in [2.45, 2.75) is 13.8 Å². The number of benzene rings is 2. The molecule has 0 atom stereocenters. The van der Waals surface area contributed by atoms with E-state index in [0.717, 1.165) is 21.7 Å². The number of ether oxygens (including phenoxy) is 2. The number of carbonyl (C=O) groups is 1. The second kappa shape index (κ2) is 7.87. The lowest BCUT2D eigenvalue weighted by atomic mass is 10.1. The van der Waals surface area contributed by atoms with E-state index < -0.39 is 15.9 Å². The first-order chi connectivity index (χ1) is 12.6. The summed E-state index contributed by atoms with van der Waals surface area (Å²) in [5, 5.41) is 2.87. The van der Waals surface area contributed by atoms with Crippen molar-refractivity contribution in [3.8, 4) is 11.5 Å². The minimum atomic E-state index is -3.59. The Morgan fingerprint density at radius 2 is 1.56 bits per heavy atom. The van der Waals surface area contributed by atoms with Gasteiger partial charge in [-0.15, -0.1) is 0 Å². The zero-order chi connectivity index (χ0) is 20.4. The molecular formula is C19H24N2O5S. The lowest BCUT2D eigenvalue weighted by molar-refractivity contribution is 0.102. The van der Waals surface area contributed by atoms with Gasteiger partial charge in [0.2, 0.25) is 10.0 Å². The molecule has 0 aliphatic rings. The molecule has 2 aromatic rings.